The number of amides is 1. The topological polar surface area (TPSA) is 83.0 Å². The van der Waals surface area contributed by atoms with E-state index in [4.69, 9.17) is 10.5 Å². The van der Waals surface area contributed by atoms with E-state index in [1.165, 1.54) is 23.9 Å². The van der Waals surface area contributed by atoms with Gasteiger partial charge in [-0.1, -0.05) is 23.9 Å². The Morgan fingerprint density at radius 1 is 1.50 bits per heavy atom. The lowest BCUT2D eigenvalue weighted by atomic mass is 10.2. The molecule has 0 saturated carbocycles. The van der Waals surface area contributed by atoms with Gasteiger partial charge >= 0.3 is 0 Å². The van der Waals surface area contributed by atoms with Gasteiger partial charge in [-0.25, -0.2) is 4.39 Å². The van der Waals surface area contributed by atoms with Crippen molar-refractivity contribution in [2.24, 2.45) is 5.73 Å². The minimum Gasteiger partial charge on any atom is -0.376 e. The molecule has 0 bridgehead atoms. The van der Waals surface area contributed by atoms with Crippen molar-refractivity contribution in [3.63, 3.8) is 0 Å². The summed E-state index contributed by atoms with van der Waals surface area (Å²) in [4.78, 5) is 11.1. The first-order valence-electron chi connectivity index (χ1n) is 8.77. The van der Waals surface area contributed by atoms with Gasteiger partial charge in [0, 0.05) is 24.7 Å². The number of nitrogens with zero attached hydrogens (tertiary/aromatic N) is 3. The van der Waals surface area contributed by atoms with Gasteiger partial charge in [0.05, 0.1) is 12.6 Å². The molecule has 6 nitrogen and oxygen atoms in total. The molecule has 3 rings (SSSR count). The van der Waals surface area contributed by atoms with Crippen LogP contribution in [0.15, 0.2) is 29.4 Å². The highest BCUT2D eigenvalue weighted by Crippen LogP contribution is 2.34. The van der Waals surface area contributed by atoms with Gasteiger partial charge in [-0.05, 0) is 37.5 Å². The van der Waals surface area contributed by atoms with Crippen molar-refractivity contribution < 1.29 is 13.9 Å². The lowest BCUT2D eigenvalue weighted by Crippen LogP contribution is -2.19. The van der Waals surface area contributed by atoms with Crippen molar-refractivity contribution in [2.45, 2.75) is 55.7 Å². The number of thioether (sulfide) groups is 1. The molecular formula is C18H23FN4O2S. The maximum atomic E-state index is 13.5. The molecule has 0 radical (unpaired) electrons. The van der Waals surface area contributed by atoms with Crippen LogP contribution >= 0.6 is 11.8 Å². The Kier molecular flexibility index (Phi) is 6.26. The maximum Gasteiger partial charge on any atom is 0.217 e. The number of nitrogens with two attached hydrogens (primary N) is 1. The van der Waals surface area contributed by atoms with E-state index in [-0.39, 0.29) is 29.5 Å². The number of halogens is 1. The van der Waals surface area contributed by atoms with Gasteiger partial charge in [-0.15, -0.1) is 10.2 Å². The molecular weight excluding hydrogens is 355 g/mol. The van der Waals surface area contributed by atoms with Crippen LogP contribution in [0.3, 0.4) is 0 Å². The Bertz CT molecular complexity index is 761. The minimum absolute atomic E-state index is 0.0159. The maximum absolute atomic E-state index is 13.5. The molecule has 2 N–H and O–H groups in total. The number of ether oxygens (including phenoxy) is 1. The van der Waals surface area contributed by atoms with Crippen molar-refractivity contribution in [1.82, 2.24) is 14.8 Å². The molecule has 140 valence electrons. The molecule has 1 aliphatic heterocycles. The fraction of sp³-hybridized carbons (Fsp3) is 0.500. The third-order valence-corrected chi connectivity index (χ3v) is 5.54. The molecule has 2 aromatic rings. The van der Waals surface area contributed by atoms with Gasteiger partial charge in [0.1, 0.15) is 11.6 Å². The van der Waals surface area contributed by atoms with Crippen LogP contribution in [0.5, 0.6) is 0 Å². The monoisotopic (exact) mass is 378 g/mol. The second kappa shape index (κ2) is 8.64. The Balaban J connectivity index is 1.79. The molecule has 1 aromatic heterocycles. The third-order valence-electron chi connectivity index (χ3n) is 4.40. The smallest absolute Gasteiger partial charge is 0.217 e. The van der Waals surface area contributed by atoms with E-state index in [1.807, 2.05) is 17.6 Å². The Hall–Kier alpha value is -1.93. The van der Waals surface area contributed by atoms with E-state index in [0.717, 1.165) is 36.0 Å². The van der Waals surface area contributed by atoms with Crippen LogP contribution < -0.4 is 5.73 Å². The Morgan fingerprint density at radius 2 is 2.35 bits per heavy atom. The van der Waals surface area contributed by atoms with E-state index in [1.54, 1.807) is 6.07 Å². The quantitative estimate of drug-likeness (QED) is 0.714. The Morgan fingerprint density at radius 3 is 3.04 bits per heavy atom. The van der Waals surface area contributed by atoms with Crippen molar-refractivity contribution >= 4 is 17.7 Å². The average Bonchev–Trinajstić information content (AvgIpc) is 3.24. The summed E-state index contributed by atoms with van der Waals surface area (Å²) in [6.07, 6.45) is 2.85. The van der Waals surface area contributed by atoms with Gasteiger partial charge < -0.3 is 15.0 Å². The number of benzene rings is 1. The highest BCUT2D eigenvalue weighted by atomic mass is 32.2. The summed E-state index contributed by atoms with van der Waals surface area (Å²) >= 11 is 1.52. The highest BCUT2D eigenvalue weighted by Gasteiger charge is 2.22. The van der Waals surface area contributed by atoms with Gasteiger partial charge in [0.25, 0.3) is 0 Å². The number of carbonyl (C=O) groups excluding carboxylic acids is 1. The molecule has 0 aliphatic carbocycles. The lowest BCUT2D eigenvalue weighted by molar-refractivity contribution is -0.118. The van der Waals surface area contributed by atoms with Crippen LogP contribution in [0, 0.1) is 5.82 Å². The fourth-order valence-corrected chi connectivity index (χ4v) is 3.98. The van der Waals surface area contributed by atoms with Gasteiger partial charge in [0.15, 0.2) is 5.16 Å². The van der Waals surface area contributed by atoms with Gasteiger partial charge in [-0.3, -0.25) is 4.79 Å². The van der Waals surface area contributed by atoms with Crippen LogP contribution in [-0.2, 0) is 22.5 Å². The third kappa shape index (κ3) is 4.82. The van der Waals surface area contributed by atoms with E-state index in [0.29, 0.717) is 13.0 Å². The van der Waals surface area contributed by atoms with Crippen molar-refractivity contribution in [1.29, 1.82) is 0 Å². The molecule has 26 heavy (non-hydrogen) atoms. The first kappa shape index (κ1) is 18.8. The van der Waals surface area contributed by atoms with Crippen LogP contribution in [0.4, 0.5) is 4.39 Å². The molecule has 1 aromatic carbocycles. The molecule has 2 atom stereocenters. The summed E-state index contributed by atoms with van der Waals surface area (Å²) in [5, 5.41) is 9.31. The zero-order valence-corrected chi connectivity index (χ0v) is 15.5. The molecule has 8 heteroatoms. The van der Waals surface area contributed by atoms with Crippen LogP contribution in [0.2, 0.25) is 0 Å². The molecule has 1 amide bonds. The number of aromatic nitrogens is 3. The predicted octanol–water partition coefficient (Wildman–Crippen LogP) is 2.87. The van der Waals surface area contributed by atoms with Crippen molar-refractivity contribution in [2.75, 3.05) is 6.61 Å². The normalized spacial score (nSPS) is 18.2. The van der Waals surface area contributed by atoms with Gasteiger partial charge in [-0.2, -0.15) is 0 Å². The highest BCUT2D eigenvalue weighted by molar-refractivity contribution is 7.99. The fourth-order valence-electron chi connectivity index (χ4n) is 2.99. The molecule has 1 fully saturated rings. The van der Waals surface area contributed by atoms with E-state index >= 15 is 0 Å². The van der Waals surface area contributed by atoms with Crippen molar-refractivity contribution in [3.05, 3.63) is 41.5 Å². The molecule has 1 aliphatic rings. The SMILES string of the molecule is C[C@@H](Sc1nnc(CCC(N)=O)n1C[C@@H]1CCCO1)c1cccc(F)c1. The van der Waals surface area contributed by atoms with Crippen molar-refractivity contribution in [3.8, 4) is 0 Å². The second-order valence-corrected chi connectivity index (χ2v) is 7.73. The number of rotatable bonds is 8. The van der Waals surface area contributed by atoms with Crippen LogP contribution in [0.1, 0.15) is 42.8 Å². The predicted molar refractivity (Wildman–Crippen MR) is 97.2 cm³/mol. The lowest BCUT2D eigenvalue weighted by Gasteiger charge is -2.16. The molecule has 0 spiro atoms. The average molecular weight is 378 g/mol. The number of hydrogen-bond acceptors (Lipinski definition) is 5. The summed E-state index contributed by atoms with van der Waals surface area (Å²) in [7, 11) is 0. The summed E-state index contributed by atoms with van der Waals surface area (Å²) in [6.45, 7) is 3.43. The van der Waals surface area contributed by atoms with Gasteiger partial charge in [0.2, 0.25) is 5.91 Å². The molecule has 1 saturated heterocycles. The zero-order valence-electron chi connectivity index (χ0n) is 14.7. The number of primary amides is 1. The largest absolute Gasteiger partial charge is 0.376 e. The summed E-state index contributed by atoms with van der Waals surface area (Å²) < 4.78 is 21.2. The van der Waals surface area contributed by atoms with E-state index in [9.17, 15) is 9.18 Å². The van der Waals surface area contributed by atoms with Crippen LogP contribution in [-0.4, -0.2) is 33.4 Å². The molecule has 2 heterocycles. The summed E-state index contributed by atoms with van der Waals surface area (Å²) in [6, 6.07) is 6.57. The minimum atomic E-state index is -0.362. The summed E-state index contributed by atoms with van der Waals surface area (Å²) in [5.74, 6) is 0.116. The molecule has 0 unspecified atom stereocenters. The first-order chi connectivity index (χ1) is 12.5. The number of aryl methyl sites for hydroxylation is 1. The Labute approximate surface area is 156 Å². The number of carbonyl (C=O) groups is 1. The zero-order chi connectivity index (χ0) is 18.5. The standard InChI is InChI=1S/C18H23FN4O2S/c1-12(13-4-2-5-14(19)10-13)26-18-22-21-17(8-7-16(20)24)23(18)11-15-6-3-9-25-15/h2,4-5,10,12,15H,3,6-9,11H2,1H3,(H2,20,24)/t12-,15+/m1/s1. The van der Waals surface area contributed by atoms with E-state index in [2.05, 4.69) is 10.2 Å². The van der Waals surface area contributed by atoms with Crippen LogP contribution in [0.25, 0.3) is 0 Å². The number of hydrogen-bond donors (Lipinski definition) is 1. The summed E-state index contributed by atoms with van der Waals surface area (Å²) in [5.41, 5.74) is 6.16. The second-order valence-electron chi connectivity index (χ2n) is 6.43. The van der Waals surface area contributed by atoms with E-state index < -0.39 is 0 Å². The first-order valence-corrected chi connectivity index (χ1v) is 9.65.